The maximum absolute atomic E-state index is 11.3. The number of esters is 1. The smallest absolute Gasteiger partial charge is 0.310 e. The van der Waals surface area contributed by atoms with Crippen molar-refractivity contribution in [2.45, 2.75) is 6.42 Å². The Morgan fingerprint density at radius 1 is 1.40 bits per heavy atom. The van der Waals surface area contributed by atoms with Crippen LogP contribution in [0.3, 0.4) is 0 Å². The van der Waals surface area contributed by atoms with Crippen molar-refractivity contribution >= 4 is 11.7 Å². The van der Waals surface area contributed by atoms with Gasteiger partial charge < -0.3 is 4.74 Å². The van der Waals surface area contributed by atoms with Crippen LogP contribution in [-0.4, -0.2) is 25.3 Å². The first-order valence-electron chi connectivity index (χ1n) is 4.98. The lowest BCUT2D eigenvalue weighted by molar-refractivity contribution is -0.144. The van der Waals surface area contributed by atoms with Crippen LogP contribution in [0, 0.1) is 5.92 Å². The third kappa shape index (κ3) is 2.06. The zero-order chi connectivity index (χ0) is 10.7. The highest BCUT2D eigenvalue weighted by Crippen LogP contribution is 2.19. The number of methoxy groups -OCH3 is 1. The van der Waals surface area contributed by atoms with Crippen molar-refractivity contribution in [3.63, 3.8) is 0 Å². The average Bonchev–Trinajstić information content (AvgIpc) is 2.78. The van der Waals surface area contributed by atoms with Crippen LogP contribution in [0.25, 0.3) is 0 Å². The van der Waals surface area contributed by atoms with Crippen LogP contribution in [0.5, 0.6) is 0 Å². The zero-order valence-electron chi connectivity index (χ0n) is 8.64. The first-order valence-corrected chi connectivity index (χ1v) is 4.98. The van der Waals surface area contributed by atoms with Gasteiger partial charge in [-0.25, -0.2) is 0 Å². The molecule has 15 heavy (non-hydrogen) atoms. The second kappa shape index (κ2) is 4.26. The summed E-state index contributed by atoms with van der Waals surface area (Å²) in [5.74, 6) is -0.255. The average molecular weight is 203 g/mol. The molecule has 0 saturated carbocycles. The largest absolute Gasteiger partial charge is 0.469 e. The molecule has 0 saturated heterocycles. The van der Waals surface area contributed by atoms with Crippen LogP contribution in [0.1, 0.15) is 12.0 Å². The monoisotopic (exact) mass is 203 g/mol. The summed E-state index contributed by atoms with van der Waals surface area (Å²) in [6.07, 6.45) is 0.691. The van der Waals surface area contributed by atoms with Gasteiger partial charge in [-0.15, -0.1) is 0 Å². The minimum Gasteiger partial charge on any atom is -0.469 e. The fourth-order valence-corrected chi connectivity index (χ4v) is 1.75. The number of benzene rings is 1. The van der Waals surface area contributed by atoms with Gasteiger partial charge in [0.15, 0.2) is 0 Å². The molecular formula is C12H13NO2. The molecule has 1 atom stereocenters. The van der Waals surface area contributed by atoms with Crippen LogP contribution >= 0.6 is 0 Å². The van der Waals surface area contributed by atoms with E-state index < -0.39 is 0 Å². The number of nitrogens with zero attached hydrogens (tertiary/aromatic N) is 1. The van der Waals surface area contributed by atoms with Crippen LogP contribution in [-0.2, 0) is 9.53 Å². The molecule has 0 amide bonds. The molecule has 0 radical (unpaired) electrons. The Balaban J connectivity index is 2.07. The van der Waals surface area contributed by atoms with Crippen molar-refractivity contribution in [2.24, 2.45) is 10.9 Å². The zero-order valence-corrected chi connectivity index (χ0v) is 8.64. The summed E-state index contributed by atoms with van der Waals surface area (Å²) in [5.41, 5.74) is 2.11. The number of hydrogen-bond acceptors (Lipinski definition) is 3. The molecule has 1 aliphatic heterocycles. The minimum atomic E-state index is -0.162. The second-order valence-electron chi connectivity index (χ2n) is 3.58. The van der Waals surface area contributed by atoms with Gasteiger partial charge in [-0.2, -0.15) is 0 Å². The summed E-state index contributed by atoms with van der Waals surface area (Å²) in [5, 5.41) is 0. The van der Waals surface area contributed by atoms with E-state index in [1.807, 2.05) is 30.3 Å². The van der Waals surface area contributed by atoms with Gasteiger partial charge in [0.05, 0.1) is 19.6 Å². The molecule has 1 aliphatic rings. The van der Waals surface area contributed by atoms with Crippen molar-refractivity contribution in [1.82, 2.24) is 0 Å². The summed E-state index contributed by atoms with van der Waals surface area (Å²) in [6.45, 7) is 0.552. The summed E-state index contributed by atoms with van der Waals surface area (Å²) >= 11 is 0. The highest BCUT2D eigenvalue weighted by molar-refractivity contribution is 6.03. The summed E-state index contributed by atoms with van der Waals surface area (Å²) < 4.78 is 4.71. The van der Waals surface area contributed by atoms with Gasteiger partial charge in [-0.1, -0.05) is 30.3 Å². The fraction of sp³-hybridized carbons (Fsp3) is 0.333. The molecule has 0 aromatic heterocycles. The van der Waals surface area contributed by atoms with Gasteiger partial charge in [-0.3, -0.25) is 9.79 Å². The lowest BCUT2D eigenvalue weighted by Crippen LogP contribution is -2.17. The quantitative estimate of drug-likeness (QED) is 0.686. The fourth-order valence-electron chi connectivity index (χ4n) is 1.75. The Hall–Kier alpha value is -1.64. The van der Waals surface area contributed by atoms with Crippen LogP contribution in [0.2, 0.25) is 0 Å². The minimum absolute atomic E-state index is 0.0924. The van der Waals surface area contributed by atoms with E-state index in [1.165, 1.54) is 7.11 Å². The van der Waals surface area contributed by atoms with E-state index in [2.05, 4.69) is 4.99 Å². The highest BCUT2D eigenvalue weighted by atomic mass is 16.5. The van der Waals surface area contributed by atoms with Gasteiger partial charge in [0.1, 0.15) is 0 Å². The molecule has 3 heteroatoms. The standard InChI is InChI=1S/C12H13NO2/c1-15-12(14)10-7-11(13-8-10)9-5-3-2-4-6-9/h2-6,10H,7-8H2,1H3. The Labute approximate surface area is 88.8 Å². The molecule has 0 N–H and O–H groups in total. The molecule has 0 fully saturated rings. The van der Waals surface area contributed by atoms with Crippen LogP contribution < -0.4 is 0 Å². The van der Waals surface area contributed by atoms with E-state index in [4.69, 9.17) is 4.74 Å². The number of ether oxygens (including phenoxy) is 1. The van der Waals surface area contributed by atoms with Crippen molar-refractivity contribution in [3.05, 3.63) is 35.9 Å². The Morgan fingerprint density at radius 3 is 2.80 bits per heavy atom. The third-order valence-corrected chi connectivity index (χ3v) is 2.58. The molecule has 0 spiro atoms. The van der Waals surface area contributed by atoms with E-state index in [9.17, 15) is 4.79 Å². The Morgan fingerprint density at radius 2 is 2.13 bits per heavy atom. The normalized spacial score (nSPS) is 19.8. The van der Waals surface area contributed by atoms with Crippen LogP contribution in [0.15, 0.2) is 35.3 Å². The van der Waals surface area contributed by atoms with Crippen LogP contribution in [0.4, 0.5) is 0 Å². The third-order valence-electron chi connectivity index (χ3n) is 2.58. The van der Waals surface area contributed by atoms with Crippen molar-refractivity contribution in [2.75, 3.05) is 13.7 Å². The number of hydrogen-bond donors (Lipinski definition) is 0. The number of rotatable bonds is 2. The van der Waals surface area contributed by atoms with E-state index in [1.54, 1.807) is 0 Å². The predicted octanol–water partition coefficient (Wildman–Crippen LogP) is 1.67. The van der Waals surface area contributed by atoms with E-state index in [-0.39, 0.29) is 11.9 Å². The molecular weight excluding hydrogens is 190 g/mol. The number of carbonyl (C=O) groups excluding carboxylic acids is 1. The van der Waals surface area contributed by atoms with Gasteiger partial charge >= 0.3 is 5.97 Å². The molecule has 1 aromatic rings. The Bertz CT molecular complexity index is 384. The molecule has 1 heterocycles. The van der Waals surface area contributed by atoms with Gasteiger partial charge in [0, 0.05) is 12.1 Å². The maximum atomic E-state index is 11.3. The van der Waals surface area contributed by atoms with E-state index in [0.717, 1.165) is 11.3 Å². The molecule has 1 unspecified atom stereocenters. The summed E-state index contributed by atoms with van der Waals surface area (Å²) in [4.78, 5) is 15.7. The van der Waals surface area contributed by atoms with Gasteiger partial charge in [0.25, 0.3) is 0 Å². The van der Waals surface area contributed by atoms with Gasteiger partial charge in [-0.05, 0) is 5.56 Å². The first-order chi connectivity index (χ1) is 7.31. The summed E-state index contributed by atoms with van der Waals surface area (Å²) in [7, 11) is 1.42. The highest BCUT2D eigenvalue weighted by Gasteiger charge is 2.26. The molecule has 78 valence electrons. The maximum Gasteiger partial charge on any atom is 0.310 e. The Kier molecular flexibility index (Phi) is 2.81. The first kappa shape index (κ1) is 9.90. The SMILES string of the molecule is COC(=O)C1CN=C(c2ccccc2)C1. The molecule has 0 bridgehead atoms. The van der Waals surface area contributed by atoms with E-state index >= 15 is 0 Å². The molecule has 2 rings (SSSR count). The number of carbonyl (C=O) groups is 1. The number of aliphatic imine (C=N–C) groups is 1. The molecule has 0 aliphatic carbocycles. The topological polar surface area (TPSA) is 38.7 Å². The predicted molar refractivity (Wildman–Crippen MR) is 58.0 cm³/mol. The lowest BCUT2D eigenvalue weighted by atomic mass is 10.0. The molecule has 3 nitrogen and oxygen atoms in total. The summed E-state index contributed by atoms with van der Waals surface area (Å²) in [6, 6.07) is 9.94. The van der Waals surface area contributed by atoms with Crippen molar-refractivity contribution < 1.29 is 9.53 Å². The molecule has 1 aromatic carbocycles. The lowest BCUT2D eigenvalue weighted by Gasteiger charge is -2.05. The van der Waals surface area contributed by atoms with Crippen molar-refractivity contribution in [1.29, 1.82) is 0 Å². The van der Waals surface area contributed by atoms with Gasteiger partial charge in [0.2, 0.25) is 0 Å². The second-order valence-corrected chi connectivity index (χ2v) is 3.58. The van der Waals surface area contributed by atoms with E-state index in [0.29, 0.717) is 13.0 Å². The van der Waals surface area contributed by atoms with Crippen molar-refractivity contribution in [3.8, 4) is 0 Å².